The van der Waals surface area contributed by atoms with Crippen LogP contribution in [0, 0.1) is 11.8 Å². The number of nitrogens with zero attached hydrogens (tertiary/aromatic N) is 1. The van der Waals surface area contributed by atoms with Crippen LogP contribution < -0.4 is 24.0 Å². The molecule has 30 heavy (non-hydrogen) atoms. The predicted molar refractivity (Wildman–Crippen MR) is 125 cm³/mol. The summed E-state index contributed by atoms with van der Waals surface area (Å²) >= 11 is 0. The molecular formula is C26H52LiNO2. The van der Waals surface area contributed by atoms with E-state index in [1.165, 1.54) is 89.9 Å². The molecule has 0 radical (unpaired) electrons. The molecule has 0 aromatic rings. The van der Waals surface area contributed by atoms with Crippen molar-refractivity contribution in [3.05, 3.63) is 0 Å². The van der Waals surface area contributed by atoms with Crippen LogP contribution in [0.2, 0.25) is 0 Å². The van der Waals surface area contributed by atoms with Crippen molar-refractivity contribution in [2.24, 2.45) is 11.8 Å². The van der Waals surface area contributed by atoms with E-state index in [0.29, 0.717) is 11.8 Å². The summed E-state index contributed by atoms with van der Waals surface area (Å²) < 4.78 is 0. The Balaban J connectivity index is 0. The molecule has 0 fully saturated rings. The fourth-order valence-corrected chi connectivity index (χ4v) is 4.39. The third kappa shape index (κ3) is 20.0. The van der Waals surface area contributed by atoms with E-state index in [-0.39, 0.29) is 25.4 Å². The maximum atomic E-state index is 11.3. The van der Waals surface area contributed by atoms with E-state index in [4.69, 9.17) is 0 Å². The third-order valence-electron chi connectivity index (χ3n) is 6.47. The number of rotatable bonds is 22. The maximum Gasteiger partial charge on any atom is 1.00 e. The number of hydrogen-bond acceptors (Lipinski definition) is 3. The topological polar surface area (TPSA) is 43.4 Å². The molecule has 0 aliphatic heterocycles. The Bertz CT molecular complexity index is 339. The summed E-state index contributed by atoms with van der Waals surface area (Å²) in [6.45, 7) is 11.0. The number of carboxylic acids is 1. The molecule has 0 aromatic carbocycles. The minimum Gasteiger partial charge on any atom is -0.549 e. The van der Waals surface area contributed by atoms with Crippen molar-refractivity contribution < 1.29 is 28.8 Å². The first-order valence-electron chi connectivity index (χ1n) is 13.0. The molecule has 0 saturated carbocycles. The fourth-order valence-electron chi connectivity index (χ4n) is 4.39. The Morgan fingerprint density at radius 1 is 0.667 bits per heavy atom. The van der Waals surface area contributed by atoms with E-state index < -0.39 is 5.97 Å². The van der Waals surface area contributed by atoms with Gasteiger partial charge in [-0.3, -0.25) is 4.90 Å². The standard InChI is InChI=1S/C26H53NO2.Li/c1-5-9-11-13-15-17-19-24(7-3)21-27(23-26(28)29)22-25(8-4)20-18-16-14-12-10-6-2;/h24-25H,5-23H2,1-4H3,(H,28,29);/q;+1/p-1. The van der Waals surface area contributed by atoms with E-state index in [1.54, 1.807) is 0 Å². The van der Waals surface area contributed by atoms with Crippen LogP contribution in [0.3, 0.4) is 0 Å². The minimum absolute atomic E-state index is 0. The molecule has 0 N–H and O–H groups in total. The Morgan fingerprint density at radius 3 is 1.37 bits per heavy atom. The van der Waals surface area contributed by atoms with Crippen LogP contribution in [-0.2, 0) is 4.79 Å². The number of carbonyl (C=O) groups excluding carboxylic acids is 1. The zero-order valence-corrected chi connectivity index (χ0v) is 21.4. The number of aliphatic carboxylic acids is 1. The first-order valence-corrected chi connectivity index (χ1v) is 13.0. The summed E-state index contributed by atoms with van der Waals surface area (Å²) in [6, 6.07) is 0. The van der Waals surface area contributed by atoms with Crippen LogP contribution >= 0.6 is 0 Å². The molecule has 4 heteroatoms. The van der Waals surface area contributed by atoms with Crippen molar-refractivity contribution in [3.8, 4) is 0 Å². The summed E-state index contributed by atoms with van der Waals surface area (Å²) in [5, 5.41) is 11.3. The summed E-state index contributed by atoms with van der Waals surface area (Å²) in [7, 11) is 0. The van der Waals surface area contributed by atoms with E-state index >= 15 is 0 Å². The van der Waals surface area contributed by atoms with Gasteiger partial charge in [0.25, 0.3) is 0 Å². The van der Waals surface area contributed by atoms with Gasteiger partial charge in [-0.15, -0.1) is 0 Å². The largest absolute Gasteiger partial charge is 1.00 e. The molecule has 0 aliphatic rings. The van der Waals surface area contributed by atoms with Gasteiger partial charge in [0.15, 0.2) is 0 Å². The van der Waals surface area contributed by atoms with Crippen LogP contribution in [0.15, 0.2) is 0 Å². The summed E-state index contributed by atoms with van der Waals surface area (Å²) in [5.74, 6) is 0.313. The van der Waals surface area contributed by atoms with Crippen molar-refractivity contribution in [1.29, 1.82) is 0 Å². The molecule has 0 spiro atoms. The van der Waals surface area contributed by atoms with Gasteiger partial charge in [-0.1, -0.05) is 118 Å². The van der Waals surface area contributed by atoms with Crippen LogP contribution in [-0.4, -0.2) is 30.5 Å². The van der Waals surface area contributed by atoms with E-state index in [0.717, 1.165) is 25.9 Å². The van der Waals surface area contributed by atoms with E-state index in [1.807, 2.05) is 0 Å². The van der Waals surface area contributed by atoms with Crippen molar-refractivity contribution in [2.45, 2.75) is 130 Å². The Hall–Kier alpha value is 0.0274. The second-order valence-corrected chi connectivity index (χ2v) is 9.23. The quantitative estimate of drug-likeness (QED) is 0.200. The molecule has 174 valence electrons. The van der Waals surface area contributed by atoms with E-state index in [9.17, 15) is 9.90 Å². The number of unbranched alkanes of at least 4 members (excludes halogenated alkanes) is 10. The SMILES string of the molecule is CCCCCCCCC(CC)CN(CC(=O)[O-])CC(CC)CCCCCCCC.[Li+]. The summed E-state index contributed by atoms with van der Waals surface area (Å²) in [6.07, 6.45) is 20.7. The Morgan fingerprint density at radius 2 is 1.03 bits per heavy atom. The molecule has 3 nitrogen and oxygen atoms in total. The zero-order chi connectivity index (χ0) is 21.7. The van der Waals surface area contributed by atoms with Gasteiger partial charge in [0.1, 0.15) is 0 Å². The van der Waals surface area contributed by atoms with Crippen molar-refractivity contribution in [3.63, 3.8) is 0 Å². The van der Waals surface area contributed by atoms with Crippen LogP contribution in [0.25, 0.3) is 0 Å². The number of hydrogen-bond donors (Lipinski definition) is 0. The average Bonchev–Trinajstić information content (AvgIpc) is 2.70. The first-order chi connectivity index (χ1) is 14.1. The molecule has 0 bridgehead atoms. The molecule has 0 aromatic heterocycles. The maximum absolute atomic E-state index is 11.3. The van der Waals surface area contributed by atoms with Gasteiger partial charge < -0.3 is 9.90 Å². The smallest absolute Gasteiger partial charge is 0.549 e. The zero-order valence-electron chi connectivity index (χ0n) is 21.4. The number of carboxylic acid groups (broad SMARTS) is 1. The van der Waals surface area contributed by atoms with Gasteiger partial charge in [-0.25, -0.2) is 0 Å². The Labute approximate surface area is 201 Å². The van der Waals surface area contributed by atoms with Gasteiger partial charge in [-0.2, -0.15) is 0 Å². The monoisotopic (exact) mass is 417 g/mol. The van der Waals surface area contributed by atoms with Gasteiger partial charge in [-0.05, 0) is 24.7 Å². The second kappa shape index (κ2) is 23.7. The Kier molecular flexibility index (Phi) is 25.4. The molecule has 2 unspecified atom stereocenters. The van der Waals surface area contributed by atoms with Crippen molar-refractivity contribution in [2.75, 3.05) is 19.6 Å². The minimum atomic E-state index is -0.922. The fraction of sp³-hybridized carbons (Fsp3) is 0.962. The van der Waals surface area contributed by atoms with Gasteiger partial charge in [0.2, 0.25) is 0 Å². The average molecular weight is 418 g/mol. The molecule has 0 aliphatic carbocycles. The molecule has 0 amide bonds. The third-order valence-corrected chi connectivity index (χ3v) is 6.47. The molecule has 2 atom stereocenters. The van der Waals surface area contributed by atoms with Gasteiger partial charge >= 0.3 is 18.9 Å². The van der Waals surface area contributed by atoms with Gasteiger partial charge in [0, 0.05) is 19.6 Å². The van der Waals surface area contributed by atoms with Crippen LogP contribution in [0.5, 0.6) is 0 Å². The second-order valence-electron chi connectivity index (χ2n) is 9.23. The molecule has 0 rings (SSSR count). The first kappa shape index (κ1) is 32.2. The molecule has 0 saturated heterocycles. The summed E-state index contributed by atoms with van der Waals surface area (Å²) in [5.41, 5.74) is 0. The van der Waals surface area contributed by atoms with Gasteiger partial charge in [0.05, 0.1) is 5.97 Å². The molecular weight excluding hydrogens is 365 g/mol. The number of carbonyl (C=O) groups is 1. The van der Waals surface area contributed by atoms with Crippen LogP contribution in [0.1, 0.15) is 130 Å². The summed E-state index contributed by atoms with van der Waals surface area (Å²) in [4.78, 5) is 13.5. The van der Waals surface area contributed by atoms with Crippen LogP contribution in [0.4, 0.5) is 0 Å². The van der Waals surface area contributed by atoms with Crippen molar-refractivity contribution in [1.82, 2.24) is 4.90 Å². The molecule has 0 heterocycles. The van der Waals surface area contributed by atoms with Crippen molar-refractivity contribution >= 4 is 5.97 Å². The van der Waals surface area contributed by atoms with E-state index in [2.05, 4.69) is 32.6 Å². The predicted octanol–water partition coefficient (Wildman–Crippen LogP) is 3.60. The normalized spacial score (nSPS) is 13.2.